The van der Waals surface area contributed by atoms with Crippen LogP contribution in [0.1, 0.15) is 43.2 Å². The summed E-state index contributed by atoms with van der Waals surface area (Å²) in [6.45, 7) is 2.92. The van der Waals surface area contributed by atoms with Gasteiger partial charge in [-0.25, -0.2) is 0 Å². The van der Waals surface area contributed by atoms with E-state index in [4.69, 9.17) is 10.5 Å². The van der Waals surface area contributed by atoms with Crippen molar-refractivity contribution in [2.75, 3.05) is 0 Å². The zero-order chi connectivity index (χ0) is 11.2. The van der Waals surface area contributed by atoms with E-state index < -0.39 is 0 Å². The van der Waals surface area contributed by atoms with Gasteiger partial charge in [0.05, 0.1) is 6.10 Å². The van der Waals surface area contributed by atoms with E-state index in [-0.39, 0.29) is 5.60 Å². The van der Waals surface area contributed by atoms with Crippen molar-refractivity contribution < 1.29 is 4.74 Å². The molecule has 1 heterocycles. The van der Waals surface area contributed by atoms with E-state index in [0.29, 0.717) is 18.6 Å². The third-order valence-corrected chi connectivity index (χ3v) is 4.33. The molecular formula is C14H19NO. The second-order valence-electron chi connectivity index (χ2n) is 5.12. The van der Waals surface area contributed by atoms with Crippen LogP contribution in [-0.4, -0.2) is 11.7 Å². The lowest BCUT2D eigenvalue weighted by atomic mass is 9.85. The minimum Gasteiger partial charge on any atom is -0.365 e. The van der Waals surface area contributed by atoms with Gasteiger partial charge in [-0.1, -0.05) is 31.2 Å². The van der Waals surface area contributed by atoms with Crippen LogP contribution in [0.2, 0.25) is 0 Å². The Morgan fingerprint density at radius 1 is 1.44 bits per heavy atom. The maximum Gasteiger partial charge on any atom is 0.101 e. The summed E-state index contributed by atoms with van der Waals surface area (Å²) in [4.78, 5) is 0. The monoisotopic (exact) mass is 217 g/mol. The van der Waals surface area contributed by atoms with Crippen molar-refractivity contribution >= 4 is 0 Å². The molecule has 2 nitrogen and oxygen atoms in total. The van der Waals surface area contributed by atoms with Crippen LogP contribution in [0.3, 0.4) is 0 Å². The van der Waals surface area contributed by atoms with Crippen molar-refractivity contribution in [3.63, 3.8) is 0 Å². The van der Waals surface area contributed by atoms with Crippen LogP contribution < -0.4 is 5.73 Å². The van der Waals surface area contributed by atoms with Crippen molar-refractivity contribution in [2.45, 2.75) is 50.4 Å². The van der Waals surface area contributed by atoms with E-state index in [9.17, 15) is 0 Å². The SMILES string of the molecule is CC(c1ccc(CN)cc1)C12CCC[C@H]1O2. The molecule has 2 fully saturated rings. The standard InChI is InChI=1S/C14H19NO/c1-10(14-8-2-3-13(14)16-14)12-6-4-11(9-15)5-7-12/h4-7,10,13H,2-3,8-9,15H2,1H3/t10?,13-,14?/m1/s1. The van der Waals surface area contributed by atoms with Gasteiger partial charge in [0.2, 0.25) is 0 Å². The van der Waals surface area contributed by atoms with Crippen molar-refractivity contribution in [1.29, 1.82) is 0 Å². The Labute approximate surface area is 96.8 Å². The first kappa shape index (κ1) is 10.3. The number of benzene rings is 1. The van der Waals surface area contributed by atoms with Gasteiger partial charge in [0.25, 0.3) is 0 Å². The largest absolute Gasteiger partial charge is 0.365 e. The molecule has 1 aliphatic carbocycles. The summed E-state index contributed by atoms with van der Waals surface area (Å²) in [6.07, 6.45) is 4.36. The van der Waals surface area contributed by atoms with E-state index in [1.54, 1.807) is 0 Å². The van der Waals surface area contributed by atoms with Crippen LogP contribution in [0.4, 0.5) is 0 Å². The first-order valence-electron chi connectivity index (χ1n) is 6.23. The Balaban J connectivity index is 1.81. The zero-order valence-corrected chi connectivity index (χ0v) is 9.78. The molecule has 3 atom stereocenters. The van der Waals surface area contributed by atoms with Gasteiger partial charge >= 0.3 is 0 Å². The molecule has 0 aromatic heterocycles. The lowest BCUT2D eigenvalue weighted by Gasteiger charge is -2.19. The van der Waals surface area contributed by atoms with Crippen LogP contribution in [-0.2, 0) is 11.3 Å². The molecule has 2 unspecified atom stereocenters. The fourth-order valence-corrected chi connectivity index (χ4v) is 3.14. The van der Waals surface area contributed by atoms with Crippen LogP contribution in [0.25, 0.3) is 0 Å². The number of hydrogen-bond donors (Lipinski definition) is 1. The molecule has 16 heavy (non-hydrogen) atoms. The molecular weight excluding hydrogens is 198 g/mol. The summed E-state index contributed by atoms with van der Waals surface area (Å²) in [5, 5.41) is 0. The lowest BCUT2D eigenvalue weighted by Crippen LogP contribution is -2.19. The van der Waals surface area contributed by atoms with Crippen LogP contribution >= 0.6 is 0 Å². The molecule has 1 aromatic carbocycles. The van der Waals surface area contributed by atoms with Crippen molar-refractivity contribution in [1.82, 2.24) is 0 Å². The number of fused-ring (bicyclic) bond motifs is 1. The Bertz CT molecular complexity index is 386. The van der Waals surface area contributed by atoms with Gasteiger partial charge in [0.15, 0.2) is 0 Å². The predicted molar refractivity (Wildman–Crippen MR) is 64.2 cm³/mol. The van der Waals surface area contributed by atoms with Gasteiger partial charge in [0, 0.05) is 12.5 Å². The minimum absolute atomic E-state index is 0.185. The summed E-state index contributed by atoms with van der Waals surface area (Å²) in [5.41, 5.74) is 8.38. The van der Waals surface area contributed by atoms with Gasteiger partial charge < -0.3 is 10.5 Å². The Morgan fingerprint density at radius 2 is 2.19 bits per heavy atom. The average molecular weight is 217 g/mol. The molecule has 1 saturated carbocycles. The van der Waals surface area contributed by atoms with Gasteiger partial charge in [-0.05, 0) is 30.4 Å². The van der Waals surface area contributed by atoms with Gasteiger partial charge in [0.1, 0.15) is 5.60 Å². The summed E-state index contributed by atoms with van der Waals surface area (Å²) in [7, 11) is 0. The highest BCUT2D eigenvalue weighted by Crippen LogP contribution is 2.57. The highest BCUT2D eigenvalue weighted by Gasteiger charge is 2.62. The molecule has 0 bridgehead atoms. The zero-order valence-electron chi connectivity index (χ0n) is 9.78. The first-order chi connectivity index (χ1) is 7.76. The van der Waals surface area contributed by atoms with Crippen LogP contribution in [0.5, 0.6) is 0 Å². The predicted octanol–water partition coefficient (Wildman–Crippen LogP) is 2.57. The summed E-state index contributed by atoms with van der Waals surface area (Å²) < 4.78 is 5.89. The molecule has 0 spiro atoms. The Morgan fingerprint density at radius 3 is 2.69 bits per heavy atom. The molecule has 2 heteroatoms. The molecule has 1 saturated heterocycles. The maximum absolute atomic E-state index is 5.89. The van der Waals surface area contributed by atoms with E-state index in [1.807, 2.05) is 0 Å². The first-order valence-corrected chi connectivity index (χ1v) is 6.23. The molecule has 3 rings (SSSR count). The number of epoxide rings is 1. The van der Waals surface area contributed by atoms with Crippen LogP contribution in [0, 0.1) is 0 Å². The lowest BCUT2D eigenvalue weighted by molar-refractivity contribution is 0.228. The molecule has 86 valence electrons. The van der Waals surface area contributed by atoms with Gasteiger partial charge in [-0.2, -0.15) is 0 Å². The highest BCUT2D eigenvalue weighted by atomic mass is 16.6. The Kier molecular flexibility index (Phi) is 2.30. The quantitative estimate of drug-likeness (QED) is 0.790. The smallest absolute Gasteiger partial charge is 0.101 e. The minimum atomic E-state index is 0.185. The van der Waals surface area contributed by atoms with E-state index in [2.05, 4.69) is 31.2 Å². The summed E-state index contributed by atoms with van der Waals surface area (Å²) >= 11 is 0. The molecule has 1 aromatic rings. The van der Waals surface area contributed by atoms with Crippen molar-refractivity contribution in [3.8, 4) is 0 Å². The van der Waals surface area contributed by atoms with Crippen molar-refractivity contribution in [3.05, 3.63) is 35.4 Å². The number of nitrogens with two attached hydrogens (primary N) is 1. The fraction of sp³-hybridized carbons (Fsp3) is 0.571. The second-order valence-corrected chi connectivity index (χ2v) is 5.12. The molecule has 1 aliphatic heterocycles. The second kappa shape index (κ2) is 3.57. The fourth-order valence-electron chi connectivity index (χ4n) is 3.14. The van der Waals surface area contributed by atoms with Gasteiger partial charge in [-0.3, -0.25) is 0 Å². The summed E-state index contributed by atoms with van der Waals surface area (Å²) in [6, 6.07) is 8.68. The number of hydrogen-bond acceptors (Lipinski definition) is 2. The maximum atomic E-state index is 5.89. The number of ether oxygens (including phenoxy) is 1. The topological polar surface area (TPSA) is 38.5 Å². The molecule has 0 radical (unpaired) electrons. The highest BCUT2D eigenvalue weighted by molar-refractivity contribution is 5.30. The molecule has 0 amide bonds. The Hall–Kier alpha value is -0.860. The summed E-state index contributed by atoms with van der Waals surface area (Å²) in [5.74, 6) is 0.520. The molecule has 2 N–H and O–H groups in total. The van der Waals surface area contributed by atoms with Crippen LogP contribution in [0.15, 0.2) is 24.3 Å². The third kappa shape index (κ3) is 1.40. The van der Waals surface area contributed by atoms with E-state index in [0.717, 1.165) is 0 Å². The molecule has 2 aliphatic rings. The van der Waals surface area contributed by atoms with Gasteiger partial charge in [-0.15, -0.1) is 0 Å². The van der Waals surface area contributed by atoms with Crippen molar-refractivity contribution in [2.24, 2.45) is 5.73 Å². The number of rotatable bonds is 3. The third-order valence-electron chi connectivity index (χ3n) is 4.33. The van der Waals surface area contributed by atoms with E-state index >= 15 is 0 Å². The van der Waals surface area contributed by atoms with E-state index in [1.165, 1.54) is 30.4 Å². The normalized spacial score (nSPS) is 33.5. The average Bonchev–Trinajstić information content (AvgIpc) is 2.91.